The van der Waals surface area contributed by atoms with Crippen LogP contribution in [0.25, 0.3) is 0 Å². The number of nitriles is 1. The number of anilines is 1. The fourth-order valence-electron chi connectivity index (χ4n) is 2.19. The van der Waals surface area contributed by atoms with E-state index in [1.54, 1.807) is 7.11 Å². The second-order valence-electron chi connectivity index (χ2n) is 4.78. The van der Waals surface area contributed by atoms with Gasteiger partial charge >= 0.3 is 0 Å². The molecule has 1 saturated carbocycles. The maximum atomic E-state index is 9.46. The van der Waals surface area contributed by atoms with Crippen LogP contribution in [0.1, 0.15) is 18.4 Å². The topological polar surface area (TPSA) is 45.0 Å². The molecule has 2 rings (SSSR count). The SMILES string of the molecule is COCC(C#N)(Nc1cccc(C)c1)C1CC1. The van der Waals surface area contributed by atoms with Gasteiger partial charge in [0, 0.05) is 12.8 Å². The first-order valence-corrected chi connectivity index (χ1v) is 5.95. The summed E-state index contributed by atoms with van der Waals surface area (Å²) in [7, 11) is 1.65. The number of methoxy groups -OCH3 is 1. The number of benzene rings is 1. The van der Waals surface area contributed by atoms with E-state index in [4.69, 9.17) is 4.74 Å². The fourth-order valence-corrected chi connectivity index (χ4v) is 2.19. The molecule has 0 heterocycles. The van der Waals surface area contributed by atoms with E-state index in [-0.39, 0.29) is 0 Å². The van der Waals surface area contributed by atoms with Crippen molar-refractivity contribution in [2.45, 2.75) is 25.3 Å². The van der Waals surface area contributed by atoms with Crippen LogP contribution in [0.3, 0.4) is 0 Å². The molecule has 0 amide bonds. The third kappa shape index (κ3) is 2.59. The van der Waals surface area contributed by atoms with Crippen molar-refractivity contribution in [3.8, 4) is 6.07 Å². The van der Waals surface area contributed by atoms with Gasteiger partial charge in [0.15, 0.2) is 5.54 Å². The molecule has 0 aromatic heterocycles. The molecule has 17 heavy (non-hydrogen) atoms. The zero-order valence-corrected chi connectivity index (χ0v) is 10.4. The van der Waals surface area contributed by atoms with E-state index in [0.29, 0.717) is 12.5 Å². The summed E-state index contributed by atoms with van der Waals surface area (Å²) in [6.45, 7) is 2.48. The molecule has 1 fully saturated rings. The molecule has 1 unspecified atom stereocenters. The first-order valence-electron chi connectivity index (χ1n) is 5.95. The highest BCUT2D eigenvalue weighted by molar-refractivity contribution is 5.50. The maximum absolute atomic E-state index is 9.46. The van der Waals surface area contributed by atoms with Crippen LogP contribution in [0.2, 0.25) is 0 Å². The summed E-state index contributed by atoms with van der Waals surface area (Å²) in [5.41, 5.74) is 1.62. The van der Waals surface area contributed by atoms with E-state index in [1.165, 1.54) is 5.56 Å². The van der Waals surface area contributed by atoms with Gasteiger partial charge in [-0.3, -0.25) is 0 Å². The van der Waals surface area contributed by atoms with Crippen LogP contribution in [-0.4, -0.2) is 19.3 Å². The van der Waals surface area contributed by atoms with Crippen LogP contribution in [-0.2, 0) is 4.74 Å². The Hall–Kier alpha value is -1.53. The predicted molar refractivity (Wildman–Crippen MR) is 67.7 cm³/mol. The lowest BCUT2D eigenvalue weighted by atomic mass is 9.95. The van der Waals surface area contributed by atoms with Crippen LogP contribution < -0.4 is 5.32 Å². The monoisotopic (exact) mass is 230 g/mol. The number of hydrogen-bond acceptors (Lipinski definition) is 3. The van der Waals surface area contributed by atoms with E-state index in [9.17, 15) is 5.26 Å². The van der Waals surface area contributed by atoms with Crippen molar-refractivity contribution in [2.75, 3.05) is 19.0 Å². The highest BCUT2D eigenvalue weighted by Crippen LogP contribution is 2.41. The Morgan fingerprint density at radius 2 is 2.29 bits per heavy atom. The highest BCUT2D eigenvalue weighted by Gasteiger charge is 2.46. The summed E-state index contributed by atoms with van der Waals surface area (Å²) in [6.07, 6.45) is 2.21. The van der Waals surface area contributed by atoms with Crippen LogP contribution >= 0.6 is 0 Å². The van der Waals surface area contributed by atoms with E-state index in [1.807, 2.05) is 25.1 Å². The van der Waals surface area contributed by atoms with Gasteiger partial charge in [0.05, 0.1) is 12.7 Å². The minimum Gasteiger partial charge on any atom is -0.381 e. The molecule has 0 aliphatic heterocycles. The molecule has 1 aromatic rings. The average Bonchev–Trinajstić information content (AvgIpc) is 3.12. The average molecular weight is 230 g/mol. The van der Waals surface area contributed by atoms with Crippen molar-refractivity contribution in [3.63, 3.8) is 0 Å². The van der Waals surface area contributed by atoms with Crippen LogP contribution in [0.15, 0.2) is 24.3 Å². The third-order valence-electron chi connectivity index (χ3n) is 3.23. The molecule has 3 heteroatoms. The summed E-state index contributed by atoms with van der Waals surface area (Å²) >= 11 is 0. The molecule has 3 nitrogen and oxygen atoms in total. The highest BCUT2D eigenvalue weighted by atomic mass is 16.5. The van der Waals surface area contributed by atoms with Crippen LogP contribution in [0, 0.1) is 24.2 Å². The Balaban J connectivity index is 2.20. The molecule has 0 radical (unpaired) electrons. The lowest BCUT2D eigenvalue weighted by Crippen LogP contribution is -2.43. The number of hydrogen-bond donors (Lipinski definition) is 1. The Morgan fingerprint density at radius 3 is 2.82 bits per heavy atom. The van der Waals surface area contributed by atoms with Crippen molar-refractivity contribution in [3.05, 3.63) is 29.8 Å². The normalized spacial score (nSPS) is 18.2. The second-order valence-corrected chi connectivity index (χ2v) is 4.78. The van der Waals surface area contributed by atoms with E-state index < -0.39 is 5.54 Å². The molecule has 1 aliphatic rings. The van der Waals surface area contributed by atoms with Gasteiger partial charge < -0.3 is 10.1 Å². The van der Waals surface area contributed by atoms with Gasteiger partial charge in [0.25, 0.3) is 0 Å². The Kier molecular flexibility index (Phi) is 3.35. The summed E-state index contributed by atoms with van der Waals surface area (Å²) in [4.78, 5) is 0. The second kappa shape index (κ2) is 4.77. The minimum absolute atomic E-state index is 0.410. The number of rotatable bonds is 5. The fraction of sp³-hybridized carbons (Fsp3) is 0.500. The van der Waals surface area contributed by atoms with Gasteiger partial charge in [-0.1, -0.05) is 12.1 Å². The first kappa shape index (κ1) is 11.9. The maximum Gasteiger partial charge on any atom is 0.151 e. The van der Waals surface area contributed by atoms with E-state index >= 15 is 0 Å². The lowest BCUT2D eigenvalue weighted by Gasteiger charge is -2.28. The summed E-state index contributed by atoms with van der Waals surface area (Å²) in [6, 6.07) is 10.5. The lowest BCUT2D eigenvalue weighted by molar-refractivity contribution is 0.155. The molecule has 1 aliphatic carbocycles. The Labute approximate surface area is 102 Å². The van der Waals surface area contributed by atoms with Crippen LogP contribution in [0.5, 0.6) is 0 Å². The minimum atomic E-state index is -0.567. The standard InChI is InChI=1S/C14H18N2O/c1-11-4-3-5-13(8-11)16-14(9-15,10-17-2)12-6-7-12/h3-5,8,12,16H,6-7,10H2,1-2H3. The Bertz CT molecular complexity index is 434. The van der Waals surface area contributed by atoms with Crippen molar-refractivity contribution >= 4 is 5.69 Å². The molecule has 0 saturated heterocycles. The van der Waals surface area contributed by atoms with Gasteiger partial charge in [-0.05, 0) is 43.4 Å². The van der Waals surface area contributed by atoms with E-state index in [2.05, 4.69) is 17.5 Å². The van der Waals surface area contributed by atoms with Crippen LogP contribution in [0.4, 0.5) is 5.69 Å². The number of nitrogens with one attached hydrogen (secondary N) is 1. The molecule has 0 spiro atoms. The number of aryl methyl sites for hydroxylation is 1. The molecular weight excluding hydrogens is 212 g/mol. The van der Waals surface area contributed by atoms with Gasteiger partial charge in [0.1, 0.15) is 0 Å². The summed E-state index contributed by atoms with van der Waals surface area (Å²) in [5, 5.41) is 12.8. The van der Waals surface area contributed by atoms with Crippen molar-refractivity contribution < 1.29 is 4.74 Å². The molecule has 1 aromatic carbocycles. The van der Waals surface area contributed by atoms with Crippen molar-refractivity contribution in [1.82, 2.24) is 0 Å². The molecule has 1 atom stereocenters. The Morgan fingerprint density at radius 1 is 1.53 bits per heavy atom. The van der Waals surface area contributed by atoms with Gasteiger partial charge in [-0.15, -0.1) is 0 Å². The summed E-state index contributed by atoms with van der Waals surface area (Å²) in [5.74, 6) is 0.410. The van der Waals surface area contributed by atoms with Crippen molar-refractivity contribution in [1.29, 1.82) is 5.26 Å². The van der Waals surface area contributed by atoms with Gasteiger partial charge in [-0.25, -0.2) is 0 Å². The smallest absolute Gasteiger partial charge is 0.151 e. The molecule has 90 valence electrons. The summed E-state index contributed by atoms with van der Waals surface area (Å²) < 4.78 is 5.22. The first-order chi connectivity index (χ1) is 8.20. The number of nitrogens with zero attached hydrogens (tertiary/aromatic N) is 1. The third-order valence-corrected chi connectivity index (χ3v) is 3.23. The van der Waals surface area contributed by atoms with Gasteiger partial charge in [-0.2, -0.15) is 5.26 Å². The number of ether oxygens (including phenoxy) is 1. The molecule has 1 N–H and O–H groups in total. The predicted octanol–water partition coefficient (Wildman–Crippen LogP) is 2.73. The van der Waals surface area contributed by atoms with Gasteiger partial charge in [0.2, 0.25) is 0 Å². The molecule has 0 bridgehead atoms. The largest absolute Gasteiger partial charge is 0.381 e. The zero-order chi connectivity index (χ0) is 12.3. The molecular formula is C14H18N2O. The quantitative estimate of drug-likeness (QED) is 0.846. The zero-order valence-electron chi connectivity index (χ0n) is 10.4. The van der Waals surface area contributed by atoms with E-state index in [0.717, 1.165) is 18.5 Å². The van der Waals surface area contributed by atoms with Crippen molar-refractivity contribution in [2.24, 2.45) is 5.92 Å².